The molecule has 0 amide bonds. The highest BCUT2D eigenvalue weighted by Crippen LogP contribution is 2.38. The van der Waals surface area contributed by atoms with Gasteiger partial charge < -0.3 is 9.47 Å². The SMILES string of the molecule is CCN(CC)CCn1c2ccc(Cl)cc2c2c3ccccc3nc(NOC)c21. The van der Waals surface area contributed by atoms with Gasteiger partial charge in [-0.2, -0.15) is 0 Å². The lowest BCUT2D eigenvalue weighted by Crippen LogP contribution is -2.27. The summed E-state index contributed by atoms with van der Waals surface area (Å²) in [5, 5.41) is 4.15. The third-order valence-corrected chi connectivity index (χ3v) is 5.62. The lowest BCUT2D eigenvalue weighted by molar-refractivity contribution is 0.269. The minimum Gasteiger partial charge on any atom is -0.336 e. The molecule has 28 heavy (non-hydrogen) atoms. The Balaban J connectivity index is 2.06. The van der Waals surface area contributed by atoms with Gasteiger partial charge in [-0.05, 0) is 37.4 Å². The molecule has 1 N–H and O–H groups in total. The van der Waals surface area contributed by atoms with Gasteiger partial charge in [-0.1, -0.05) is 43.6 Å². The van der Waals surface area contributed by atoms with E-state index < -0.39 is 0 Å². The molecule has 4 rings (SSSR count). The van der Waals surface area contributed by atoms with Crippen LogP contribution in [-0.4, -0.2) is 41.2 Å². The van der Waals surface area contributed by atoms with Crippen molar-refractivity contribution in [3.8, 4) is 0 Å². The summed E-state index contributed by atoms with van der Waals surface area (Å²) in [6, 6.07) is 14.3. The van der Waals surface area contributed by atoms with Crippen LogP contribution >= 0.6 is 11.6 Å². The molecule has 2 heterocycles. The van der Waals surface area contributed by atoms with Crippen molar-refractivity contribution < 1.29 is 4.84 Å². The lowest BCUT2D eigenvalue weighted by atomic mass is 10.1. The van der Waals surface area contributed by atoms with Gasteiger partial charge in [0, 0.05) is 39.8 Å². The number of halogens is 1. The number of nitrogens with one attached hydrogen (secondary N) is 1. The fourth-order valence-electron chi connectivity index (χ4n) is 3.98. The molecular formula is C22H25ClN4O. The second kappa shape index (κ2) is 7.95. The monoisotopic (exact) mass is 396 g/mol. The van der Waals surface area contributed by atoms with Crippen LogP contribution in [0.4, 0.5) is 5.82 Å². The summed E-state index contributed by atoms with van der Waals surface area (Å²) in [5.74, 6) is 0.725. The second-order valence-corrected chi connectivity index (χ2v) is 7.28. The van der Waals surface area contributed by atoms with Crippen LogP contribution in [0.5, 0.6) is 0 Å². The molecule has 6 heteroatoms. The fraction of sp³-hybridized carbons (Fsp3) is 0.318. The third-order valence-electron chi connectivity index (χ3n) is 5.39. The summed E-state index contributed by atoms with van der Waals surface area (Å²) < 4.78 is 2.33. The summed E-state index contributed by atoms with van der Waals surface area (Å²) >= 11 is 6.38. The number of hydrogen-bond donors (Lipinski definition) is 1. The Kier molecular flexibility index (Phi) is 5.40. The van der Waals surface area contributed by atoms with Crippen molar-refractivity contribution in [2.75, 3.05) is 32.2 Å². The zero-order valence-electron chi connectivity index (χ0n) is 16.5. The van der Waals surface area contributed by atoms with Gasteiger partial charge in [-0.25, -0.2) is 10.5 Å². The molecule has 0 aliphatic carbocycles. The number of para-hydroxylation sites is 1. The number of pyridine rings is 1. The number of fused-ring (bicyclic) bond motifs is 5. The van der Waals surface area contributed by atoms with Crippen molar-refractivity contribution in [3.63, 3.8) is 0 Å². The molecule has 2 aromatic heterocycles. The Hall–Kier alpha value is -2.34. The molecule has 0 bridgehead atoms. The molecule has 0 saturated carbocycles. The molecule has 0 atom stereocenters. The van der Waals surface area contributed by atoms with Crippen LogP contribution in [0.2, 0.25) is 5.02 Å². The standard InChI is InChI=1S/C22H25ClN4O/c1-4-26(5-2)12-13-27-19-11-10-15(23)14-17(19)20-16-8-6-7-9-18(16)24-22(21(20)27)25-28-3/h6-11,14H,4-5,12-13H2,1-3H3,(H,24,25). The van der Waals surface area contributed by atoms with Crippen molar-refractivity contribution in [1.29, 1.82) is 0 Å². The van der Waals surface area contributed by atoms with Crippen molar-refractivity contribution in [2.45, 2.75) is 20.4 Å². The highest BCUT2D eigenvalue weighted by atomic mass is 35.5. The van der Waals surface area contributed by atoms with Gasteiger partial charge in [0.05, 0.1) is 18.1 Å². The molecule has 0 fully saturated rings. The summed E-state index contributed by atoms with van der Waals surface area (Å²) in [5.41, 5.74) is 6.13. The number of nitrogens with zero attached hydrogens (tertiary/aromatic N) is 3. The van der Waals surface area contributed by atoms with E-state index in [1.54, 1.807) is 7.11 Å². The van der Waals surface area contributed by atoms with Crippen LogP contribution in [0, 0.1) is 0 Å². The summed E-state index contributed by atoms with van der Waals surface area (Å²) in [4.78, 5) is 12.5. The van der Waals surface area contributed by atoms with Crippen LogP contribution in [0.15, 0.2) is 42.5 Å². The Bertz CT molecular complexity index is 1130. The highest BCUT2D eigenvalue weighted by Gasteiger charge is 2.19. The summed E-state index contributed by atoms with van der Waals surface area (Å²) in [7, 11) is 1.61. The second-order valence-electron chi connectivity index (χ2n) is 6.85. The van der Waals surface area contributed by atoms with E-state index in [0.717, 1.165) is 69.7 Å². The van der Waals surface area contributed by atoms with Crippen LogP contribution in [-0.2, 0) is 11.4 Å². The first-order chi connectivity index (χ1) is 13.7. The lowest BCUT2D eigenvalue weighted by Gasteiger charge is -2.19. The van der Waals surface area contributed by atoms with Crippen LogP contribution in [0.25, 0.3) is 32.7 Å². The van der Waals surface area contributed by atoms with E-state index in [9.17, 15) is 0 Å². The zero-order chi connectivity index (χ0) is 19.7. The first kappa shape index (κ1) is 19.0. The van der Waals surface area contributed by atoms with E-state index in [1.165, 1.54) is 0 Å². The average Bonchev–Trinajstić information content (AvgIpc) is 3.03. The van der Waals surface area contributed by atoms with E-state index in [4.69, 9.17) is 21.4 Å². The Labute approximate surface area is 169 Å². The van der Waals surface area contributed by atoms with Gasteiger partial charge in [-0.15, -0.1) is 0 Å². The number of likely N-dealkylation sites (N-methyl/N-ethyl adjacent to an activating group) is 1. The van der Waals surface area contributed by atoms with Crippen molar-refractivity contribution in [3.05, 3.63) is 47.5 Å². The summed E-state index contributed by atoms with van der Waals surface area (Å²) in [6.07, 6.45) is 0. The quantitative estimate of drug-likeness (QED) is 0.430. The normalized spacial score (nSPS) is 11.9. The number of anilines is 1. The van der Waals surface area contributed by atoms with Gasteiger partial charge in [0.1, 0.15) is 0 Å². The van der Waals surface area contributed by atoms with Gasteiger partial charge in [0.15, 0.2) is 5.82 Å². The third kappa shape index (κ3) is 3.20. The number of hydrogen-bond acceptors (Lipinski definition) is 4. The summed E-state index contributed by atoms with van der Waals surface area (Å²) in [6.45, 7) is 8.29. The smallest absolute Gasteiger partial charge is 0.175 e. The maximum absolute atomic E-state index is 6.38. The van der Waals surface area contributed by atoms with Gasteiger partial charge in [-0.3, -0.25) is 4.84 Å². The number of rotatable bonds is 7. The molecule has 0 radical (unpaired) electrons. The molecule has 146 valence electrons. The van der Waals surface area contributed by atoms with Gasteiger partial charge >= 0.3 is 0 Å². The fourth-order valence-corrected chi connectivity index (χ4v) is 4.16. The highest BCUT2D eigenvalue weighted by molar-refractivity contribution is 6.32. The van der Waals surface area contributed by atoms with Crippen molar-refractivity contribution in [2.24, 2.45) is 0 Å². The minimum absolute atomic E-state index is 0.725. The van der Waals surface area contributed by atoms with E-state index in [2.05, 4.69) is 53.1 Å². The molecule has 0 aliphatic rings. The molecular weight excluding hydrogens is 372 g/mol. The molecule has 0 aliphatic heterocycles. The van der Waals surface area contributed by atoms with Crippen LogP contribution < -0.4 is 5.48 Å². The van der Waals surface area contributed by atoms with Crippen LogP contribution in [0.1, 0.15) is 13.8 Å². The van der Waals surface area contributed by atoms with Gasteiger partial charge in [0.2, 0.25) is 0 Å². The van der Waals surface area contributed by atoms with Crippen molar-refractivity contribution in [1.82, 2.24) is 14.5 Å². The zero-order valence-corrected chi connectivity index (χ0v) is 17.3. The number of benzene rings is 2. The number of aromatic nitrogens is 2. The van der Waals surface area contributed by atoms with Gasteiger partial charge in [0.25, 0.3) is 0 Å². The first-order valence-corrected chi connectivity index (χ1v) is 10.1. The van der Waals surface area contributed by atoms with E-state index in [1.807, 2.05) is 18.2 Å². The maximum Gasteiger partial charge on any atom is 0.175 e. The topological polar surface area (TPSA) is 42.3 Å². The molecule has 5 nitrogen and oxygen atoms in total. The van der Waals surface area contributed by atoms with E-state index >= 15 is 0 Å². The Morgan fingerprint density at radius 2 is 1.89 bits per heavy atom. The van der Waals surface area contributed by atoms with E-state index in [0.29, 0.717) is 0 Å². The molecule has 2 aromatic carbocycles. The van der Waals surface area contributed by atoms with Crippen LogP contribution in [0.3, 0.4) is 0 Å². The molecule has 0 unspecified atom stereocenters. The largest absolute Gasteiger partial charge is 0.336 e. The maximum atomic E-state index is 6.38. The Morgan fingerprint density at radius 3 is 2.64 bits per heavy atom. The molecule has 0 spiro atoms. The first-order valence-electron chi connectivity index (χ1n) is 9.69. The average molecular weight is 397 g/mol. The predicted octanol–water partition coefficient (Wildman–Crippen LogP) is 5.31. The predicted molar refractivity (Wildman–Crippen MR) is 118 cm³/mol. The minimum atomic E-state index is 0.725. The van der Waals surface area contributed by atoms with Crippen molar-refractivity contribution >= 4 is 50.1 Å². The Morgan fingerprint density at radius 1 is 1.11 bits per heavy atom. The molecule has 4 aromatic rings. The van der Waals surface area contributed by atoms with E-state index in [-0.39, 0.29) is 0 Å². The molecule has 0 saturated heterocycles.